The van der Waals surface area contributed by atoms with Gasteiger partial charge in [0.1, 0.15) is 5.69 Å². The first-order valence-corrected chi connectivity index (χ1v) is 7.71. The molecule has 6 heteroatoms. The fraction of sp³-hybridized carbons (Fsp3) is 0.353. The summed E-state index contributed by atoms with van der Waals surface area (Å²) in [6.45, 7) is 5.54. The van der Waals surface area contributed by atoms with Crippen LogP contribution in [0.15, 0.2) is 35.4 Å². The molecule has 3 aromatic rings. The lowest BCUT2D eigenvalue weighted by atomic mass is 10.1. The molecule has 0 saturated heterocycles. The zero-order chi connectivity index (χ0) is 16.2. The molecule has 0 radical (unpaired) electrons. The normalized spacial score (nSPS) is 11.0. The number of rotatable bonds is 6. The van der Waals surface area contributed by atoms with Crippen molar-refractivity contribution in [2.24, 2.45) is 0 Å². The number of imidazole rings is 1. The Bertz CT molecular complexity index is 805. The second kappa shape index (κ2) is 6.64. The van der Waals surface area contributed by atoms with E-state index < -0.39 is 0 Å². The van der Waals surface area contributed by atoms with Gasteiger partial charge in [-0.25, -0.2) is 4.98 Å². The molecule has 1 aromatic carbocycles. The first-order chi connectivity index (χ1) is 11.1. The number of nitrogens with zero attached hydrogens (tertiary/aromatic N) is 3. The zero-order valence-corrected chi connectivity index (χ0v) is 13.4. The molecule has 0 bridgehead atoms. The van der Waals surface area contributed by atoms with E-state index in [9.17, 15) is 4.79 Å². The number of fused-ring (bicyclic) bond motifs is 1. The van der Waals surface area contributed by atoms with E-state index in [0.29, 0.717) is 12.2 Å². The van der Waals surface area contributed by atoms with Gasteiger partial charge in [0, 0.05) is 30.9 Å². The first kappa shape index (κ1) is 15.3. The number of amides is 1. The van der Waals surface area contributed by atoms with E-state index in [1.807, 2.05) is 36.7 Å². The van der Waals surface area contributed by atoms with Gasteiger partial charge >= 0.3 is 0 Å². The number of nitrogens with one attached hydrogen (secondary N) is 1. The van der Waals surface area contributed by atoms with Crippen LogP contribution in [-0.4, -0.2) is 27.2 Å². The van der Waals surface area contributed by atoms with Crippen LogP contribution in [0.5, 0.6) is 0 Å². The third-order valence-electron chi connectivity index (χ3n) is 3.96. The first-order valence-electron chi connectivity index (χ1n) is 7.71. The second-order valence-corrected chi connectivity index (χ2v) is 5.74. The molecule has 1 amide bonds. The van der Waals surface area contributed by atoms with Gasteiger partial charge in [-0.05, 0) is 43.5 Å². The second-order valence-electron chi connectivity index (χ2n) is 5.74. The predicted octanol–water partition coefficient (Wildman–Crippen LogP) is 2.39. The molecule has 2 aromatic heterocycles. The smallest absolute Gasteiger partial charge is 0.226 e. The number of hydrogen-bond acceptors (Lipinski definition) is 4. The molecular weight excluding hydrogens is 292 g/mol. The molecule has 1 N–H and O–H groups in total. The van der Waals surface area contributed by atoms with E-state index in [1.54, 1.807) is 12.5 Å². The molecule has 0 saturated carbocycles. The number of hydrogen-bond donors (Lipinski definition) is 1. The Hall–Kier alpha value is -2.63. The van der Waals surface area contributed by atoms with Crippen LogP contribution in [0.2, 0.25) is 0 Å². The topological polar surface area (TPSA) is 73.0 Å². The Balaban J connectivity index is 1.54. The van der Waals surface area contributed by atoms with E-state index in [2.05, 4.69) is 15.5 Å². The summed E-state index contributed by atoms with van der Waals surface area (Å²) in [7, 11) is 0. The third kappa shape index (κ3) is 3.59. The van der Waals surface area contributed by atoms with Gasteiger partial charge in [-0.3, -0.25) is 4.79 Å². The summed E-state index contributed by atoms with van der Waals surface area (Å²) in [6.07, 6.45) is 6.53. The standard InChI is InChI=1S/C17H20N4O2/c1-12-8-14-15(20-23-16(14)9-13(12)2)10-17(22)19-4-3-6-21-7-5-18-11-21/h5,7-9,11H,3-4,6,10H2,1-2H3,(H,19,22). The van der Waals surface area contributed by atoms with Gasteiger partial charge in [-0.2, -0.15) is 0 Å². The molecule has 0 spiro atoms. The fourth-order valence-electron chi connectivity index (χ4n) is 2.49. The highest BCUT2D eigenvalue weighted by molar-refractivity contribution is 5.87. The van der Waals surface area contributed by atoms with Crippen molar-refractivity contribution < 1.29 is 9.32 Å². The van der Waals surface area contributed by atoms with E-state index >= 15 is 0 Å². The van der Waals surface area contributed by atoms with Crippen LogP contribution in [0.4, 0.5) is 0 Å². The number of carbonyl (C=O) groups excluding carboxylic acids is 1. The van der Waals surface area contributed by atoms with Gasteiger partial charge in [0.15, 0.2) is 5.58 Å². The Kier molecular flexibility index (Phi) is 4.41. The molecule has 0 atom stereocenters. The molecule has 6 nitrogen and oxygen atoms in total. The van der Waals surface area contributed by atoms with E-state index in [-0.39, 0.29) is 12.3 Å². The molecule has 3 rings (SSSR count). The fourth-order valence-corrected chi connectivity index (χ4v) is 2.49. The van der Waals surface area contributed by atoms with Crippen molar-refractivity contribution in [3.05, 3.63) is 47.7 Å². The van der Waals surface area contributed by atoms with Crippen LogP contribution in [0.3, 0.4) is 0 Å². The van der Waals surface area contributed by atoms with Crippen LogP contribution in [0.25, 0.3) is 11.0 Å². The summed E-state index contributed by atoms with van der Waals surface area (Å²) < 4.78 is 7.31. The zero-order valence-electron chi connectivity index (χ0n) is 13.4. The summed E-state index contributed by atoms with van der Waals surface area (Å²) in [4.78, 5) is 16.0. The number of carbonyl (C=O) groups is 1. The molecule has 2 heterocycles. The third-order valence-corrected chi connectivity index (χ3v) is 3.96. The van der Waals surface area contributed by atoms with Crippen LogP contribution >= 0.6 is 0 Å². The Morgan fingerprint density at radius 3 is 2.91 bits per heavy atom. The van der Waals surface area contributed by atoms with Gasteiger partial charge in [0.2, 0.25) is 5.91 Å². The monoisotopic (exact) mass is 312 g/mol. The minimum absolute atomic E-state index is 0.0379. The average Bonchev–Trinajstić information content (AvgIpc) is 3.16. The predicted molar refractivity (Wildman–Crippen MR) is 87.0 cm³/mol. The minimum Gasteiger partial charge on any atom is -0.356 e. The van der Waals surface area contributed by atoms with Gasteiger partial charge in [0.05, 0.1) is 12.7 Å². The maximum absolute atomic E-state index is 12.1. The molecule has 120 valence electrons. The quantitative estimate of drug-likeness (QED) is 0.709. The molecule has 0 aliphatic heterocycles. The van der Waals surface area contributed by atoms with Crippen LogP contribution in [-0.2, 0) is 17.8 Å². The number of aromatic nitrogens is 3. The molecule has 0 aliphatic rings. The van der Waals surface area contributed by atoms with Crippen molar-refractivity contribution in [2.45, 2.75) is 33.2 Å². The lowest BCUT2D eigenvalue weighted by molar-refractivity contribution is -0.120. The number of aryl methyl sites for hydroxylation is 3. The summed E-state index contributed by atoms with van der Waals surface area (Å²) in [5, 5.41) is 7.88. The SMILES string of the molecule is Cc1cc2onc(CC(=O)NCCCn3ccnc3)c2cc1C. The summed E-state index contributed by atoms with van der Waals surface area (Å²) in [5.41, 5.74) is 3.75. The van der Waals surface area contributed by atoms with E-state index in [4.69, 9.17) is 4.52 Å². The lowest BCUT2D eigenvalue weighted by Gasteiger charge is -2.05. The molecular formula is C17H20N4O2. The van der Waals surface area contributed by atoms with E-state index in [1.165, 1.54) is 5.56 Å². The van der Waals surface area contributed by atoms with E-state index in [0.717, 1.165) is 29.5 Å². The van der Waals surface area contributed by atoms with Gasteiger partial charge in [-0.15, -0.1) is 0 Å². The summed E-state index contributed by atoms with van der Waals surface area (Å²) in [5.74, 6) is -0.0379. The molecule has 0 aliphatic carbocycles. The van der Waals surface area contributed by atoms with Crippen molar-refractivity contribution in [1.82, 2.24) is 20.0 Å². The Morgan fingerprint density at radius 1 is 1.30 bits per heavy atom. The van der Waals surface area contributed by atoms with Gasteiger partial charge < -0.3 is 14.4 Å². The van der Waals surface area contributed by atoms with Gasteiger partial charge in [0.25, 0.3) is 0 Å². The van der Waals surface area contributed by atoms with Crippen molar-refractivity contribution in [2.75, 3.05) is 6.54 Å². The highest BCUT2D eigenvalue weighted by Crippen LogP contribution is 2.22. The Labute approximate surface area is 134 Å². The minimum atomic E-state index is -0.0379. The van der Waals surface area contributed by atoms with Crippen molar-refractivity contribution in [3.63, 3.8) is 0 Å². The average molecular weight is 312 g/mol. The lowest BCUT2D eigenvalue weighted by Crippen LogP contribution is -2.26. The molecule has 23 heavy (non-hydrogen) atoms. The largest absolute Gasteiger partial charge is 0.356 e. The van der Waals surface area contributed by atoms with Crippen LogP contribution in [0, 0.1) is 13.8 Å². The van der Waals surface area contributed by atoms with Crippen molar-refractivity contribution in [3.8, 4) is 0 Å². The van der Waals surface area contributed by atoms with Gasteiger partial charge in [-0.1, -0.05) is 5.16 Å². The highest BCUT2D eigenvalue weighted by atomic mass is 16.5. The number of benzene rings is 1. The van der Waals surface area contributed by atoms with Crippen LogP contribution < -0.4 is 5.32 Å². The van der Waals surface area contributed by atoms with Crippen LogP contribution in [0.1, 0.15) is 23.2 Å². The van der Waals surface area contributed by atoms with Crippen molar-refractivity contribution >= 4 is 16.9 Å². The van der Waals surface area contributed by atoms with Crippen molar-refractivity contribution in [1.29, 1.82) is 0 Å². The maximum atomic E-state index is 12.1. The maximum Gasteiger partial charge on any atom is 0.226 e. The summed E-state index contributed by atoms with van der Waals surface area (Å²) >= 11 is 0. The highest BCUT2D eigenvalue weighted by Gasteiger charge is 2.13. The summed E-state index contributed by atoms with van der Waals surface area (Å²) in [6, 6.07) is 3.99. The Morgan fingerprint density at radius 2 is 2.13 bits per heavy atom. The molecule has 0 fully saturated rings. The molecule has 0 unspecified atom stereocenters.